The predicted octanol–water partition coefficient (Wildman–Crippen LogP) is 5.73. The Morgan fingerprint density at radius 2 is 1.79 bits per heavy atom. The lowest BCUT2D eigenvalue weighted by Gasteiger charge is -2.30. The number of aromatic nitrogens is 1. The van der Waals surface area contributed by atoms with Crippen LogP contribution in [0.1, 0.15) is 19.3 Å². The summed E-state index contributed by atoms with van der Waals surface area (Å²) in [4.78, 5) is 24.9. The molecule has 0 spiro atoms. The molecule has 4 heterocycles. The average molecular weight is 553 g/mol. The first kappa shape index (κ1) is 25.8. The van der Waals surface area contributed by atoms with Crippen LogP contribution in [0.3, 0.4) is 0 Å². The zero-order valence-electron chi connectivity index (χ0n) is 21.4. The monoisotopic (exact) mass is 552 g/mol. The van der Waals surface area contributed by atoms with Gasteiger partial charge < -0.3 is 24.8 Å². The summed E-state index contributed by atoms with van der Waals surface area (Å²) in [7, 11) is 0. The molecule has 2 N–H and O–H groups in total. The lowest BCUT2D eigenvalue weighted by atomic mass is 10.1. The van der Waals surface area contributed by atoms with Crippen LogP contribution in [0.2, 0.25) is 0 Å². The molecule has 3 aliphatic rings. The van der Waals surface area contributed by atoms with Gasteiger partial charge in [0.05, 0.1) is 24.9 Å². The van der Waals surface area contributed by atoms with Crippen molar-refractivity contribution in [2.24, 2.45) is 0 Å². The van der Waals surface area contributed by atoms with Crippen molar-refractivity contribution in [1.82, 2.24) is 9.88 Å². The minimum absolute atomic E-state index is 0.0989. The van der Waals surface area contributed by atoms with Gasteiger partial charge in [0.25, 0.3) is 0 Å². The van der Waals surface area contributed by atoms with Gasteiger partial charge in [0.1, 0.15) is 6.67 Å². The molecule has 0 bridgehead atoms. The van der Waals surface area contributed by atoms with Gasteiger partial charge in [0.15, 0.2) is 0 Å². The molecular weight excluding hydrogens is 519 g/mol. The molecule has 0 aliphatic carbocycles. The van der Waals surface area contributed by atoms with Crippen molar-refractivity contribution in [2.45, 2.75) is 44.9 Å². The number of rotatable bonds is 7. The Morgan fingerprint density at radius 3 is 2.61 bits per heavy atom. The van der Waals surface area contributed by atoms with E-state index in [0.717, 1.165) is 70.0 Å². The van der Waals surface area contributed by atoms with E-state index in [4.69, 9.17) is 4.74 Å². The van der Waals surface area contributed by atoms with Crippen LogP contribution in [0, 0.1) is 0 Å². The molecule has 3 aromatic rings. The molecule has 6 nitrogen and oxygen atoms in total. The third kappa shape index (κ3) is 5.76. The second-order valence-electron chi connectivity index (χ2n) is 10.1. The van der Waals surface area contributed by atoms with Crippen LogP contribution in [0.5, 0.6) is 0 Å². The smallest absolute Gasteiger partial charge is 0.250 e. The molecule has 0 radical (unpaired) electrons. The van der Waals surface area contributed by atoms with Gasteiger partial charge >= 0.3 is 0 Å². The van der Waals surface area contributed by atoms with Gasteiger partial charge in [-0.2, -0.15) is 0 Å². The molecule has 2 fully saturated rings. The SMILES string of the molecule is O=c1cc(N2CCOCC2)cc(-c2cccc3c2Sc2ccc(NC(CF)CN4CCCCC4)cc2S3)[nH]1. The van der Waals surface area contributed by atoms with E-state index in [1.165, 1.54) is 24.2 Å². The summed E-state index contributed by atoms with van der Waals surface area (Å²) in [5.74, 6) is 0. The van der Waals surface area contributed by atoms with Crippen molar-refractivity contribution >= 4 is 34.9 Å². The maximum absolute atomic E-state index is 13.9. The second-order valence-corrected chi connectivity index (χ2v) is 12.2. The Bertz CT molecular complexity index is 1340. The Hall–Kier alpha value is -2.46. The fourth-order valence-electron chi connectivity index (χ4n) is 5.40. The van der Waals surface area contributed by atoms with Crippen LogP contribution in [-0.2, 0) is 4.74 Å². The Labute approximate surface area is 231 Å². The molecule has 2 saturated heterocycles. The maximum atomic E-state index is 13.9. The number of H-pyrrole nitrogens is 1. The molecule has 6 rings (SSSR count). The Kier molecular flexibility index (Phi) is 7.97. The van der Waals surface area contributed by atoms with E-state index in [1.807, 2.05) is 6.07 Å². The predicted molar refractivity (Wildman–Crippen MR) is 154 cm³/mol. The topological polar surface area (TPSA) is 60.6 Å². The molecule has 3 aliphatic heterocycles. The number of hydrogen-bond acceptors (Lipinski definition) is 7. The fourth-order valence-corrected chi connectivity index (χ4v) is 7.82. The lowest BCUT2D eigenvalue weighted by molar-refractivity contribution is 0.122. The van der Waals surface area contributed by atoms with Crippen molar-refractivity contribution in [2.75, 3.05) is 62.8 Å². The van der Waals surface area contributed by atoms with Crippen molar-refractivity contribution in [3.8, 4) is 11.3 Å². The van der Waals surface area contributed by atoms with Gasteiger partial charge in [0.2, 0.25) is 5.56 Å². The van der Waals surface area contributed by atoms with Crippen LogP contribution >= 0.6 is 23.5 Å². The number of anilines is 2. The summed E-state index contributed by atoms with van der Waals surface area (Å²) in [6.07, 6.45) is 3.69. The van der Waals surface area contributed by atoms with Gasteiger partial charge in [0, 0.05) is 62.2 Å². The summed E-state index contributed by atoms with van der Waals surface area (Å²) in [6, 6.07) is 16.1. The van der Waals surface area contributed by atoms with Crippen LogP contribution in [0.25, 0.3) is 11.3 Å². The second kappa shape index (κ2) is 11.7. The molecule has 38 heavy (non-hydrogen) atoms. The van der Waals surface area contributed by atoms with E-state index in [1.54, 1.807) is 29.6 Å². The van der Waals surface area contributed by atoms with Crippen LogP contribution < -0.4 is 15.8 Å². The number of alkyl halides is 1. The van der Waals surface area contributed by atoms with Crippen molar-refractivity contribution in [3.63, 3.8) is 0 Å². The van der Waals surface area contributed by atoms with Crippen LogP contribution in [-0.4, -0.2) is 68.5 Å². The molecule has 1 unspecified atom stereocenters. The third-order valence-electron chi connectivity index (χ3n) is 7.33. The average Bonchev–Trinajstić information content (AvgIpc) is 2.96. The number of ether oxygens (including phenoxy) is 1. The fraction of sp³-hybridized carbons (Fsp3) is 0.414. The lowest BCUT2D eigenvalue weighted by Crippen LogP contribution is -2.40. The molecule has 1 atom stereocenters. The van der Waals surface area contributed by atoms with E-state index in [0.29, 0.717) is 13.2 Å². The Balaban J connectivity index is 1.22. The normalized spacial score (nSPS) is 18.5. The summed E-state index contributed by atoms with van der Waals surface area (Å²) in [5, 5.41) is 3.44. The largest absolute Gasteiger partial charge is 0.378 e. The first-order chi connectivity index (χ1) is 18.7. The summed E-state index contributed by atoms with van der Waals surface area (Å²) in [6.45, 7) is 5.40. The van der Waals surface area contributed by atoms with Crippen molar-refractivity contribution in [3.05, 3.63) is 58.9 Å². The highest BCUT2D eigenvalue weighted by Crippen LogP contribution is 2.52. The highest BCUT2D eigenvalue weighted by molar-refractivity contribution is 8.05. The first-order valence-electron chi connectivity index (χ1n) is 13.4. The molecule has 1 aromatic heterocycles. The number of nitrogens with one attached hydrogen (secondary N) is 2. The first-order valence-corrected chi connectivity index (χ1v) is 15.0. The van der Waals surface area contributed by atoms with Crippen LogP contribution in [0.15, 0.2) is 72.9 Å². The number of benzene rings is 2. The van der Waals surface area contributed by atoms with Crippen molar-refractivity contribution in [1.29, 1.82) is 0 Å². The molecule has 200 valence electrons. The van der Waals surface area contributed by atoms with E-state index in [9.17, 15) is 9.18 Å². The maximum Gasteiger partial charge on any atom is 0.250 e. The summed E-state index contributed by atoms with van der Waals surface area (Å²) >= 11 is 3.45. The highest BCUT2D eigenvalue weighted by Gasteiger charge is 2.23. The van der Waals surface area contributed by atoms with Crippen LogP contribution in [0.4, 0.5) is 15.8 Å². The van der Waals surface area contributed by atoms with E-state index >= 15 is 0 Å². The highest BCUT2D eigenvalue weighted by atomic mass is 32.2. The van der Waals surface area contributed by atoms with Gasteiger partial charge in [-0.3, -0.25) is 4.79 Å². The van der Waals surface area contributed by atoms with E-state index < -0.39 is 0 Å². The number of piperidine rings is 1. The summed E-state index contributed by atoms with van der Waals surface area (Å²) in [5.41, 5.74) is 3.64. The third-order valence-corrected chi connectivity index (χ3v) is 9.93. The number of likely N-dealkylation sites (tertiary alicyclic amines) is 1. The number of fused-ring (bicyclic) bond motifs is 2. The minimum Gasteiger partial charge on any atom is -0.378 e. The number of hydrogen-bond donors (Lipinski definition) is 2. The standard InChI is InChI=1S/C29H33FN4O2S2/c30-18-21(19-33-9-2-1-3-10-33)31-20-7-8-25-27(15-20)37-26-6-4-5-23(29(26)38-25)24-16-22(17-28(35)32-24)34-11-13-36-14-12-34/h4-8,15-17,21,31H,1-3,9-14,18-19H2,(H,32,35). The van der Waals surface area contributed by atoms with Gasteiger partial charge in [-0.05, 0) is 56.3 Å². The van der Waals surface area contributed by atoms with Crippen molar-refractivity contribution < 1.29 is 9.13 Å². The number of nitrogens with zero attached hydrogens (tertiary/aromatic N) is 2. The molecule has 0 amide bonds. The zero-order chi connectivity index (χ0) is 25.9. The van der Waals surface area contributed by atoms with Gasteiger partial charge in [-0.25, -0.2) is 4.39 Å². The Morgan fingerprint density at radius 1 is 0.947 bits per heavy atom. The number of morpholine rings is 1. The van der Waals surface area contributed by atoms with Gasteiger partial charge in [-0.15, -0.1) is 0 Å². The minimum atomic E-state index is -0.386. The zero-order valence-corrected chi connectivity index (χ0v) is 23.0. The number of aromatic amines is 1. The number of halogens is 1. The number of pyridine rings is 1. The van der Waals surface area contributed by atoms with E-state index in [-0.39, 0.29) is 18.3 Å². The quantitative estimate of drug-likeness (QED) is 0.304. The summed E-state index contributed by atoms with van der Waals surface area (Å²) < 4.78 is 19.4. The molecule has 9 heteroatoms. The molecule has 2 aromatic carbocycles. The van der Waals surface area contributed by atoms with E-state index in [2.05, 4.69) is 56.5 Å². The molecular formula is C29H33FN4O2S2. The molecule has 0 saturated carbocycles. The van der Waals surface area contributed by atoms with Gasteiger partial charge in [-0.1, -0.05) is 42.1 Å².